The highest BCUT2D eigenvalue weighted by atomic mass is 35.5. The Hall–Kier alpha value is -2.04. The van der Waals surface area contributed by atoms with E-state index in [1.807, 2.05) is 0 Å². The molecule has 12 heteroatoms. The Kier molecular flexibility index (Phi) is 6.41. The zero-order valence-electron chi connectivity index (χ0n) is 12.0. The fourth-order valence-electron chi connectivity index (χ4n) is 1.75. The van der Waals surface area contributed by atoms with Crippen LogP contribution in [0.25, 0.3) is 0 Å². The number of nitrogens with zero attached hydrogens (tertiary/aromatic N) is 1. The van der Waals surface area contributed by atoms with Gasteiger partial charge in [-0.15, -0.1) is 0 Å². The molecular formula is C12H13Cl2N3O6S. The summed E-state index contributed by atoms with van der Waals surface area (Å²) in [5.41, 5.74) is 4.76. The molecule has 0 fully saturated rings. The summed E-state index contributed by atoms with van der Waals surface area (Å²) in [6.45, 7) is -0.384. The number of sulfonamides is 1. The van der Waals surface area contributed by atoms with E-state index >= 15 is 0 Å². The summed E-state index contributed by atoms with van der Waals surface area (Å²) in [5.74, 6) is -3.47. The van der Waals surface area contributed by atoms with E-state index in [4.69, 9.17) is 44.6 Å². The minimum absolute atomic E-state index is 0.106. The SMILES string of the molecule is N=C(N)N(CCCC(=O)O)S(=O)(=O)c1cc(C(=O)O)c(Cl)cc1Cl. The lowest BCUT2D eigenvalue weighted by molar-refractivity contribution is -0.137. The smallest absolute Gasteiger partial charge is 0.337 e. The first-order valence-corrected chi connectivity index (χ1v) is 8.49. The Balaban J connectivity index is 3.34. The van der Waals surface area contributed by atoms with Gasteiger partial charge in [-0.25, -0.2) is 17.5 Å². The normalized spacial score (nSPS) is 11.1. The van der Waals surface area contributed by atoms with Gasteiger partial charge >= 0.3 is 11.9 Å². The van der Waals surface area contributed by atoms with Gasteiger partial charge in [-0.3, -0.25) is 10.2 Å². The second kappa shape index (κ2) is 7.69. The van der Waals surface area contributed by atoms with Gasteiger partial charge in [0, 0.05) is 13.0 Å². The van der Waals surface area contributed by atoms with Crippen molar-refractivity contribution in [3.8, 4) is 0 Å². The van der Waals surface area contributed by atoms with Crippen molar-refractivity contribution in [2.75, 3.05) is 6.54 Å². The highest BCUT2D eigenvalue weighted by molar-refractivity contribution is 7.89. The molecule has 0 bridgehead atoms. The van der Waals surface area contributed by atoms with Gasteiger partial charge < -0.3 is 15.9 Å². The lowest BCUT2D eigenvalue weighted by Crippen LogP contribution is -2.42. The molecule has 0 atom stereocenters. The van der Waals surface area contributed by atoms with Gasteiger partial charge in [-0.1, -0.05) is 23.2 Å². The minimum Gasteiger partial charge on any atom is -0.481 e. The van der Waals surface area contributed by atoms with Crippen molar-refractivity contribution in [2.24, 2.45) is 5.73 Å². The maximum atomic E-state index is 12.6. The number of nitrogens with two attached hydrogens (primary N) is 1. The van der Waals surface area contributed by atoms with Crippen LogP contribution in [0, 0.1) is 5.41 Å². The molecule has 0 aliphatic rings. The molecular weight excluding hydrogens is 385 g/mol. The fourth-order valence-corrected chi connectivity index (χ4v) is 3.95. The van der Waals surface area contributed by atoms with Crippen LogP contribution in [0.4, 0.5) is 0 Å². The number of carboxylic acids is 2. The van der Waals surface area contributed by atoms with Crippen molar-refractivity contribution in [1.29, 1.82) is 5.41 Å². The van der Waals surface area contributed by atoms with Crippen LogP contribution >= 0.6 is 23.2 Å². The number of nitrogens with one attached hydrogen (secondary N) is 1. The van der Waals surface area contributed by atoms with Gasteiger partial charge in [-0.05, 0) is 18.6 Å². The van der Waals surface area contributed by atoms with E-state index in [9.17, 15) is 18.0 Å². The number of hydrogen-bond acceptors (Lipinski definition) is 5. The first kappa shape index (κ1) is 20.0. The molecule has 0 saturated heterocycles. The van der Waals surface area contributed by atoms with E-state index in [1.165, 1.54) is 0 Å². The van der Waals surface area contributed by atoms with Crippen LogP contribution in [0.3, 0.4) is 0 Å². The van der Waals surface area contributed by atoms with Gasteiger partial charge in [0.15, 0.2) is 0 Å². The highest BCUT2D eigenvalue weighted by Gasteiger charge is 2.30. The molecule has 0 saturated carbocycles. The Morgan fingerprint density at radius 2 is 1.79 bits per heavy atom. The molecule has 1 aromatic carbocycles. The predicted octanol–water partition coefficient (Wildman–Crippen LogP) is 1.44. The van der Waals surface area contributed by atoms with E-state index in [1.54, 1.807) is 0 Å². The summed E-state index contributed by atoms with van der Waals surface area (Å²) in [6, 6.07) is 1.71. The predicted molar refractivity (Wildman–Crippen MR) is 86.1 cm³/mol. The van der Waals surface area contributed by atoms with E-state index in [2.05, 4.69) is 0 Å². The second-order valence-electron chi connectivity index (χ2n) is 4.53. The Labute approximate surface area is 147 Å². The van der Waals surface area contributed by atoms with Gasteiger partial charge in [0.1, 0.15) is 4.90 Å². The van der Waals surface area contributed by atoms with Crippen LogP contribution in [0.5, 0.6) is 0 Å². The summed E-state index contributed by atoms with van der Waals surface area (Å²) < 4.78 is 25.6. The number of carboxylic acid groups (broad SMARTS) is 2. The van der Waals surface area contributed by atoms with Crippen molar-refractivity contribution in [1.82, 2.24) is 4.31 Å². The fraction of sp³-hybridized carbons (Fsp3) is 0.250. The van der Waals surface area contributed by atoms with Crippen molar-refractivity contribution >= 4 is 51.1 Å². The van der Waals surface area contributed by atoms with Crippen LogP contribution < -0.4 is 5.73 Å². The molecule has 0 aliphatic heterocycles. The molecule has 24 heavy (non-hydrogen) atoms. The number of guanidine groups is 1. The number of benzene rings is 1. The monoisotopic (exact) mass is 397 g/mol. The first-order chi connectivity index (χ1) is 11.0. The molecule has 9 nitrogen and oxygen atoms in total. The number of aliphatic carboxylic acids is 1. The summed E-state index contributed by atoms with van der Waals surface area (Å²) in [5, 5.41) is 24.4. The second-order valence-corrected chi connectivity index (χ2v) is 7.17. The Bertz CT molecular complexity index is 796. The average Bonchev–Trinajstić information content (AvgIpc) is 2.41. The average molecular weight is 398 g/mol. The Morgan fingerprint density at radius 3 is 2.25 bits per heavy atom. The summed E-state index contributed by atoms with van der Waals surface area (Å²) in [6.07, 6.45) is -0.445. The molecule has 1 aromatic rings. The molecule has 0 unspecified atom stereocenters. The minimum atomic E-state index is -4.46. The zero-order valence-corrected chi connectivity index (χ0v) is 14.3. The lowest BCUT2D eigenvalue weighted by atomic mass is 10.2. The number of halogens is 2. The topological polar surface area (TPSA) is 162 Å². The van der Waals surface area contributed by atoms with Crippen LogP contribution in [-0.4, -0.2) is 47.4 Å². The van der Waals surface area contributed by atoms with Gasteiger partial charge in [0.2, 0.25) is 5.96 Å². The standard InChI is InChI=1S/C12H13Cl2N3O6S/c13-7-5-8(14)9(4-6(7)11(20)21)24(22,23)17(12(15)16)3-1-2-10(18)19/h4-5H,1-3H2,(H3,15,16)(H,18,19)(H,20,21). The zero-order chi connectivity index (χ0) is 18.7. The van der Waals surface area contributed by atoms with Gasteiger partial charge in [-0.2, -0.15) is 0 Å². The molecule has 5 N–H and O–H groups in total. The van der Waals surface area contributed by atoms with Crippen LogP contribution in [0.15, 0.2) is 17.0 Å². The van der Waals surface area contributed by atoms with E-state index in [0.717, 1.165) is 12.1 Å². The van der Waals surface area contributed by atoms with Crippen molar-refractivity contribution < 1.29 is 28.2 Å². The Morgan fingerprint density at radius 1 is 1.21 bits per heavy atom. The quantitative estimate of drug-likeness (QED) is 0.399. The third-order valence-electron chi connectivity index (χ3n) is 2.84. The highest BCUT2D eigenvalue weighted by Crippen LogP contribution is 2.30. The molecule has 0 aromatic heterocycles. The number of rotatable bonds is 7. The molecule has 0 spiro atoms. The molecule has 0 amide bonds. The molecule has 0 heterocycles. The molecule has 0 aliphatic carbocycles. The van der Waals surface area contributed by atoms with Crippen molar-refractivity contribution in [3.05, 3.63) is 27.7 Å². The number of aromatic carboxylic acids is 1. The maximum Gasteiger partial charge on any atom is 0.337 e. The maximum absolute atomic E-state index is 12.6. The largest absolute Gasteiger partial charge is 0.481 e. The molecule has 0 radical (unpaired) electrons. The van der Waals surface area contributed by atoms with E-state index in [0.29, 0.717) is 4.31 Å². The first-order valence-electron chi connectivity index (χ1n) is 6.29. The third kappa shape index (κ3) is 4.49. The van der Waals surface area contributed by atoms with Crippen LogP contribution in [0.1, 0.15) is 23.2 Å². The summed E-state index contributed by atoms with van der Waals surface area (Å²) in [4.78, 5) is 21.0. The summed E-state index contributed by atoms with van der Waals surface area (Å²) in [7, 11) is -4.46. The molecule has 132 valence electrons. The molecule has 1 rings (SSSR count). The van der Waals surface area contributed by atoms with E-state index in [-0.39, 0.29) is 29.4 Å². The number of carbonyl (C=O) groups is 2. The lowest BCUT2D eigenvalue weighted by Gasteiger charge is -2.23. The van der Waals surface area contributed by atoms with Crippen molar-refractivity contribution in [3.63, 3.8) is 0 Å². The number of hydrogen-bond donors (Lipinski definition) is 4. The van der Waals surface area contributed by atoms with Gasteiger partial charge in [0.25, 0.3) is 10.0 Å². The van der Waals surface area contributed by atoms with E-state index < -0.39 is 38.4 Å². The van der Waals surface area contributed by atoms with Crippen LogP contribution in [-0.2, 0) is 14.8 Å². The van der Waals surface area contributed by atoms with Crippen molar-refractivity contribution in [2.45, 2.75) is 17.7 Å². The van der Waals surface area contributed by atoms with Crippen LogP contribution in [0.2, 0.25) is 10.0 Å². The summed E-state index contributed by atoms with van der Waals surface area (Å²) >= 11 is 11.5. The van der Waals surface area contributed by atoms with Gasteiger partial charge in [0.05, 0.1) is 15.6 Å². The third-order valence-corrected chi connectivity index (χ3v) is 5.43.